The smallest absolute Gasteiger partial charge is 0.339 e. The summed E-state index contributed by atoms with van der Waals surface area (Å²) >= 11 is 0. The van der Waals surface area contributed by atoms with Gasteiger partial charge in [-0.15, -0.1) is 0 Å². The van der Waals surface area contributed by atoms with Crippen LogP contribution < -0.4 is 5.32 Å². The second-order valence-corrected chi connectivity index (χ2v) is 9.91. The fraction of sp³-hybridized carbons (Fsp3) is 0.696. The zero-order chi connectivity index (χ0) is 23.8. The summed E-state index contributed by atoms with van der Waals surface area (Å²) in [4.78, 5) is 15.2. The monoisotopic (exact) mass is 478 g/mol. The lowest BCUT2D eigenvalue weighted by Gasteiger charge is -2.37. The number of benzene rings is 1. The van der Waals surface area contributed by atoms with E-state index in [4.69, 9.17) is 0 Å². The van der Waals surface area contributed by atoms with Gasteiger partial charge in [-0.2, -0.15) is 26.3 Å². The third-order valence-corrected chi connectivity index (χ3v) is 8.08. The number of aryl methyl sites for hydroxylation is 1. The van der Waals surface area contributed by atoms with Crippen LogP contribution in [-0.2, 0) is 16.9 Å². The van der Waals surface area contributed by atoms with Crippen LogP contribution in [0, 0.1) is 5.92 Å². The van der Waals surface area contributed by atoms with Crippen LogP contribution in [0.5, 0.6) is 0 Å². The second-order valence-electron chi connectivity index (χ2n) is 9.91. The van der Waals surface area contributed by atoms with Gasteiger partial charge in [0.05, 0.1) is 0 Å². The summed E-state index contributed by atoms with van der Waals surface area (Å²) in [5.74, 6) is -0.0918. The SMILES string of the molecule is O=C(C1CC2CCC(C1)N2)N1CC[C@H]2c3ccc(C(F)(C(F)(F)F)C(F)(F)F)cc3CCC21. The third kappa shape index (κ3) is 3.54. The maximum atomic E-state index is 14.5. The van der Waals surface area contributed by atoms with Gasteiger partial charge in [-0.1, -0.05) is 18.2 Å². The molecule has 1 aliphatic carbocycles. The molecule has 5 rings (SSSR count). The van der Waals surface area contributed by atoms with Crippen molar-refractivity contribution in [1.82, 2.24) is 10.2 Å². The number of fused-ring (bicyclic) bond motifs is 5. The normalized spacial score (nSPS) is 32.0. The van der Waals surface area contributed by atoms with E-state index in [1.807, 2.05) is 4.90 Å². The van der Waals surface area contributed by atoms with Gasteiger partial charge < -0.3 is 10.2 Å². The Balaban J connectivity index is 1.39. The van der Waals surface area contributed by atoms with Gasteiger partial charge in [-0.05, 0) is 56.1 Å². The average molecular weight is 478 g/mol. The molecule has 10 heteroatoms. The first-order chi connectivity index (χ1) is 15.4. The summed E-state index contributed by atoms with van der Waals surface area (Å²) in [7, 11) is 0. The lowest BCUT2D eigenvalue weighted by Crippen LogP contribution is -2.50. The van der Waals surface area contributed by atoms with Crippen molar-refractivity contribution < 1.29 is 35.5 Å². The summed E-state index contributed by atoms with van der Waals surface area (Å²) < 4.78 is 93.5. The predicted molar refractivity (Wildman–Crippen MR) is 105 cm³/mol. The number of amides is 1. The second kappa shape index (κ2) is 7.58. The minimum Gasteiger partial charge on any atom is -0.339 e. The number of nitrogens with zero attached hydrogens (tertiary/aromatic N) is 1. The Morgan fingerprint density at radius 3 is 2.15 bits per heavy atom. The summed E-state index contributed by atoms with van der Waals surface area (Å²) in [5, 5.41) is 3.51. The van der Waals surface area contributed by atoms with Crippen molar-refractivity contribution in [2.75, 3.05) is 6.54 Å². The lowest BCUT2D eigenvalue weighted by atomic mass is 9.77. The van der Waals surface area contributed by atoms with Crippen molar-refractivity contribution in [3.8, 4) is 0 Å². The first-order valence-corrected chi connectivity index (χ1v) is 11.4. The zero-order valence-corrected chi connectivity index (χ0v) is 17.8. The largest absolute Gasteiger partial charge is 0.435 e. The summed E-state index contributed by atoms with van der Waals surface area (Å²) in [6.07, 6.45) is -7.25. The van der Waals surface area contributed by atoms with Gasteiger partial charge in [0.1, 0.15) is 0 Å². The van der Waals surface area contributed by atoms with E-state index < -0.39 is 23.6 Å². The third-order valence-electron chi connectivity index (χ3n) is 8.08. The number of nitrogens with one attached hydrogen (secondary N) is 1. The van der Waals surface area contributed by atoms with Crippen LogP contribution >= 0.6 is 0 Å². The highest BCUT2D eigenvalue weighted by Gasteiger charge is 2.73. The van der Waals surface area contributed by atoms with Gasteiger partial charge in [0.25, 0.3) is 0 Å². The van der Waals surface area contributed by atoms with Crippen molar-refractivity contribution in [3.63, 3.8) is 0 Å². The Morgan fingerprint density at radius 2 is 1.55 bits per heavy atom. The fourth-order valence-electron chi connectivity index (χ4n) is 6.53. The molecule has 182 valence electrons. The average Bonchev–Trinajstić information content (AvgIpc) is 3.33. The molecule has 3 heterocycles. The predicted octanol–water partition coefficient (Wildman–Crippen LogP) is 5.14. The molecule has 3 saturated heterocycles. The molecular weight excluding hydrogens is 453 g/mol. The maximum Gasteiger partial charge on any atom is 0.435 e. The number of likely N-dealkylation sites (tertiary alicyclic amines) is 1. The number of rotatable bonds is 2. The minimum absolute atomic E-state index is 0.0444. The number of alkyl halides is 7. The Labute approximate surface area is 186 Å². The molecule has 0 aromatic heterocycles. The molecule has 0 spiro atoms. The molecule has 33 heavy (non-hydrogen) atoms. The van der Waals surface area contributed by atoms with E-state index in [2.05, 4.69) is 5.32 Å². The first-order valence-electron chi connectivity index (χ1n) is 11.4. The molecule has 4 aliphatic rings. The van der Waals surface area contributed by atoms with Crippen molar-refractivity contribution in [2.24, 2.45) is 5.92 Å². The van der Waals surface area contributed by atoms with E-state index in [1.165, 1.54) is 6.07 Å². The van der Waals surface area contributed by atoms with E-state index in [9.17, 15) is 35.5 Å². The van der Waals surface area contributed by atoms with E-state index in [1.54, 1.807) is 0 Å². The van der Waals surface area contributed by atoms with Gasteiger partial charge in [0.15, 0.2) is 0 Å². The Kier molecular flexibility index (Phi) is 5.27. The quantitative estimate of drug-likeness (QED) is 0.598. The number of halogens is 7. The standard InChI is InChI=1S/C23H25F7N2O/c24-21(22(25,26)27,23(28,29)30)14-2-5-17-12(9-14)1-6-19-18(17)7-8-32(19)20(33)13-10-15-3-4-16(11-13)31-15/h2,5,9,13,15-16,18-19,31H,1,3-4,6-8,10-11H2/t13?,15?,16?,18-,19?/m0/s1. The van der Waals surface area contributed by atoms with E-state index in [0.29, 0.717) is 48.7 Å². The number of hydrogen-bond acceptors (Lipinski definition) is 2. The fourth-order valence-corrected chi connectivity index (χ4v) is 6.53. The highest BCUT2D eigenvalue weighted by Crippen LogP contribution is 2.54. The van der Waals surface area contributed by atoms with Crippen LogP contribution in [-0.4, -0.2) is 47.8 Å². The van der Waals surface area contributed by atoms with Gasteiger partial charge in [0, 0.05) is 42.1 Å². The molecule has 3 fully saturated rings. The summed E-state index contributed by atoms with van der Waals surface area (Å²) in [6, 6.07) is 3.14. The van der Waals surface area contributed by atoms with Crippen molar-refractivity contribution in [1.29, 1.82) is 0 Å². The van der Waals surface area contributed by atoms with Crippen molar-refractivity contribution in [3.05, 3.63) is 34.9 Å². The van der Waals surface area contributed by atoms with E-state index in [-0.39, 0.29) is 30.2 Å². The molecule has 0 radical (unpaired) electrons. The van der Waals surface area contributed by atoms with Gasteiger partial charge in [-0.3, -0.25) is 4.79 Å². The highest BCUT2D eigenvalue weighted by molar-refractivity contribution is 5.80. The maximum absolute atomic E-state index is 14.5. The van der Waals surface area contributed by atoms with Crippen molar-refractivity contribution >= 4 is 5.91 Å². The number of carbonyl (C=O) groups is 1. The van der Waals surface area contributed by atoms with E-state index in [0.717, 1.165) is 31.7 Å². The van der Waals surface area contributed by atoms with Crippen LogP contribution in [0.1, 0.15) is 61.1 Å². The Hall–Kier alpha value is -1.84. The molecule has 2 bridgehead atoms. The number of carbonyl (C=O) groups excluding carboxylic acids is 1. The Bertz CT molecular complexity index is 918. The van der Waals surface area contributed by atoms with Crippen molar-refractivity contribution in [2.45, 2.75) is 87.0 Å². The molecule has 4 atom stereocenters. The van der Waals surface area contributed by atoms with E-state index >= 15 is 0 Å². The molecule has 1 aromatic carbocycles. The van der Waals surface area contributed by atoms with Gasteiger partial charge in [-0.25, -0.2) is 4.39 Å². The molecule has 3 unspecified atom stereocenters. The summed E-state index contributed by atoms with van der Waals surface area (Å²) in [5.41, 5.74) is -5.92. The van der Waals surface area contributed by atoms with Crippen LogP contribution in [0.3, 0.4) is 0 Å². The molecule has 1 N–H and O–H groups in total. The minimum atomic E-state index is -6.12. The van der Waals surface area contributed by atoms with Gasteiger partial charge >= 0.3 is 18.0 Å². The van der Waals surface area contributed by atoms with Crippen LogP contribution in [0.15, 0.2) is 18.2 Å². The first kappa shape index (κ1) is 22.9. The Morgan fingerprint density at radius 1 is 0.909 bits per heavy atom. The lowest BCUT2D eigenvalue weighted by molar-refractivity contribution is -0.348. The summed E-state index contributed by atoms with van der Waals surface area (Å²) in [6.45, 7) is 0.521. The van der Waals surface area contributed by atoms with Crippen LogP contribution in [0.2, 0.25) is 0 Å². The van der Waals surface area contributed by atoms with Gasteiger partial charge in [0.2, 0.25) is 5.91 Å². The zero-order valence-electron chi connectivity index (χ0n) is 17.8. The molecule has 3 aliphatic heterocycles. The molecule has 3 nitrogen and oxygen atoms in total. The molecule has 1 amide bonds. The molecular formula is C23H25F7N2O. The van der Waals surface area contributed by atoms with Crippen LogP contribution in [0.4, 0.5) is 30.7 Å². The van der Waals surface area contributed by atoms with Crippen LogP contribution in [0.25, 0.3) is 0 Å². The molecule has 1 aromatic rings. The molecule has 0 saturated carbocycles. The number of piperidine rings is 1. The topological polar surface area (TPSA) is 32.3 Å². The number of hydrogen-bond donors (Lipinski definition) is 1. The highest BCUT2D eigenvalue weighted by atomic mass is 19.4.